The first-order chi connectivity index (χ1) is 11.6. The number of nitrogens with zero attached hydrogens (tertiary/aromatic N) is 5. The van der Waals surface area contributed by atoms with Crippen LogP contribution in [-0.2, 0) is 0 Å². The first-order valence-electron chi connectivity index (χ1n) is 7.27. The quantitative estimate of drug-likeness (QED) is 0.790. The Morgan fingerprint density at radius 2 is 2.00 bits per heavy atom. The van der Waals surface area contributed by atoms with E-state index < -0.39 is 5.91 Å². The number of nitrogens with one attached hydrogen (secondary N) is 1. The molecule has 0 bridgehead atoms. The van der Waals surface area contributed by atoms with Gasteiger partial charge in [0.25, 0.3) is 11.8 Å². The third-order valence-electron chi connectivity index (χ3n) is 3.28. The highest BCUT2D eigenvalue weighted by atomic mass is 16.4. The van der Waals surface area contributed by atoms with Crippen LogP contribution in [0, 0.1) is 11.3 Å². The summed E-state index contributed by atoms with van der Waals surface area (Å²) < 4.78 is 7.19. The molecule has 2 heterocycles. The van der Waals surface area contributed by atoms with Crippen molar-refractivity contribution in [2.75, 3.05) is 5.32 Å². The number of hydrogen-bond acceptors (Lipinski definition) is 6. The van der Waals surface area contributed by atoms with E-state index in [1.54, 1.807) is 35.0 Å². The fraction of sp³-hybridized carbons (Fsp3) is 0.188. The van der Waals surface area contributed by atoms with Gasteiger partial charge in [0.2, 0.25) is 0 Å². The van der Waals surface area contributed by atoms with Gasteiger partial charge in [-0.1, -0.05) is 5.10 Å². The molecule has 1 amide bonds. The molecule has 0 unspecified atom stereocenters. The van der Waals surface area contributed by atoms with Crippen LogP contribution >= 0.6 is 0 Å². The van der Waals surface area contributed by atoms with Crippen molar-refractivity contribution in [1.29, 1.82) is 5.26 Å². The van der Waals surface area contributed by atoms with Gasteiger partial charge in [0.15, 0.2) is 0 Å². The first kappa shape index (κ1) is 15.4. The summed E-state index contributed by atoms with van der Waals surface area (Å²) in [6.07, 6.45) is 1.82. The van der Waals surface area contributed by atoms with Crippen molar-refractivity contribution in [3.63, 3.8) is 0 Å². The largest absolute Gasteiger partial charge is 0.401 e. The Hall–Kier alpha value is -3.47. The highest BCUT2D eigenvalue weighted by Crippen LogP contribution is 2.19. The highest BCUT2D eigenvalue weighted by molar-refractivity contribution is 6.03. The number of aromatic nitrogens is 4. The van der Waals surface area contributed by atoms with Crippen molar-refractivity contribution >= 4 is 11.9 Å². The minimum absolute atomic E-state index is 0.0153. The van der Waals surface area contributed by atoms with E-state index >= 15 is 0 Å². The molecule has 0 aliphatic heterocycles. The van der Waals surface area contributed by atoms with E-state index in [-0.39, 0.29) is 17.9 Å². The van der Waals surface area contributed by atoms with Crippen LogP contribution in [0.4, 0.5) is 6.01 Å². The lowest BCUT2D eigenvalue weighted by Gasteiger charge is -2.02. The first-order valence-corrected chi connectivity index (χ1v) is 7.27. The second-order valence-corrected chi connectivity index (χ2v) is 5.33. The van der Waals surface area contributed by atoms with Crippen LogP contribution in [0.5, 0.6) is 0 Å². The summed E-state index contributed by atoms with van der Waals surface area (Å²) in [4.78, 5) is 12.1. The van der Waals surface area contributed by atoms with Crippen molar-refractivity contribution in [3.8, 4) is 17.7 Å². The van der Waals surface area contributed by atoms with Gasteiger partial charge in [-0.05, 0) is 44.2 Å². The van der Waals surface area contributed by atoms with Crippen LogP contribution in [0.1, 0.15) is 35.8 Å². The average Bonchev–Trinajstić information content (AvgIpc) is 3.24. The number of anilines is 1. The summed E-state index contributed by atoms with van der Waals surface area (Å²) in [5.41, 5.74) is 1.40. The van der Waals surface area contributed by atoms with Gasteiger partial charge < -0.3 is 4.42 Å². The maximum absolute atomic E-state index is 12.1. The molecule has 8 heteroatoms. The van der Waals surface area contributed by atoms with E-state index in [1.807, 2.05) is 26.1 Å². The zero-order chi connectivity index (χ0) is 17.1. The molecule has 0 atom stereocenters. The van der Waals surface area contributed by atoms with E-state index in [4.69, 9.17) is 9.68 Å². The minimum Gasteiger partial charge on any atom is -0.401 e. The van der Waals surface area contributed by atoms with E-state index in [2.05, 4.69) is 20.6 Å². The molecule has 0 spiro atoms. The molecule has 1 N–H and O–H groups in total. The Bertz CT molecular complexity index is 901. The van der Waals surface area contributed by atoms with Crippen molar-refractivity contribution in [2.45, 2.75) is 19.9 Å². The van der Waals surface area contributed by atoms with Gasteiger partial charge in [-0.3, -0.25) is 14.8 Å². The Morgan fingerprint density at radius 1 is 1.25 bits per heavy atom. The summed E-state index contributed by atoms with van der Waals surface area (Å²) in [5, 5.41) is 23.3. The number of nitriles is 1. The molecule has 3 aromatic rings. The zero-order valence-corrected chi connectivity index (χ0v) is 13.1. The molecule has 0 aliphatic rings. The van der Waals surface area contributed by atoms with Crippen molar-refractivity contribution in [3.05, 3.63) is 47.7 Å². The van der Waals surface area contributed by atoms with Crippen LogP contribution in [-0.4, -0.2) is 25.9 Å². The minimum atomic E-state index is -0.401. The molecular weight excluding hydrogens is 308 g/mol. The molecule has 0 aliphatic carbocycles. The van der Waals surface area contributed by atoms with Crippen molar-refractivity contribution in [2.24, 2.45) is 0 Å². The summed E-state index contributed by atoms with van der Waals surface area (Å²) >= 11 is 0. The molecular formula is C16H14N6O2. The molecule has 2 aromatic heterocycles. The van der Waals surface area contributed by atoms with Crippen LogP contribution in [0.15, 0.2) is 40.9 Å². The topological polar surface area (TPSA) is 110 Å². The Kier molecular flexibility index (Phi) is 4.07. The molecule has 1 aromatic carbocycles. The Labute approximate surface area is 137 Å². The zero-order valence-electron chi connectivity index (χ0n) is 13.1. The summed E-state index contributed by atoms with van der Waals surface area (Å²) in [6, 6.07) is 10.2. The third kappa shape index (κ3) is 3.15. The second kappa shape index (κ2) is 6.34. The molecule has 0 saturated carbocycles. The summed E-state index contributed by atoms with van der Waals surface area (Å²) in [7, 11) is 0. The van der Waals surface area contributed by atoms with Gasteiger partial charge in [0.1, 0.15) is 5.69 Å². The van der Waals surface area contributed by atoms with Crippen LogP contribution in [0.25, 0.3) is 11.6 Å². The summed E-state index contributed by atoms with van der Waals surface area (Å²) in [5.74, 6) is -0.174. The second-order valence-electron chi connectivity index (χ2n) is 5.33. The van der Waals surface area contributed by atoms with Gasteiger partial charge in [-0.2, -0.15) is 10.4 Å². The monoisotopic (exact) mass is 322 g/mol. The molecule has 3 rings (SSSR count). The lowest BCUT2D eigenvalue weighted by molar-refractivity contribution is 0.102. The number of carbonyl (C=O) groups excluding carboxylic acids is 1. The third-order valence-corrected chi connectivity index (χ3v) is 3.28. The molecule has 120 valence electrons. The normalized spacial score (nSPS) is 10.6. The van der Waals surface area contributed by atoms with Crippen molar-refractivity contribution < 1.29 is 9.21 Å². The van der Waals surface area contributed by atoms with E-state index in [1.165, 1.54) is 0 Å². The Balaban J connectivity index is 1.73. The number of rotatable bonds is 4. The van der Waals surface area contributed by atoms with E-state index in [9.17, 15) is 4.79 Å². The maximum Gasteiger partial charge on any atom is 0.322 e. The number of amides is 1. The van der Waals surface area contributed by atoms with Gasteiger partial charge in [0.05, 0.1) is 11.6 Å². The van der Waals surface area contributed by atoms with E-state index in [0.717, 1.165) is 0 Å². The lowest BCUT2D eigenvalue weighted by atomic mass is 10.1. The standard InChI is InChI=1S/C16H14N6O2/c1-10(2)22-8-7-13(21-22)15-19-20-16(24-15)18-14(23)12-5-3-11(9-17)4-6-12/h3-8,10H,1-2H3,(H,18,20,23). The number of hydrogen-bond donors (Lipinski definition) is 1. The number of benzene rings is 1. The fourth-order valence-corrected chi connectivity index (χ4v) is 1.98. The van der Waals surface area contributed by atoms with Crippen molar-refractivity contribution in [1.82, 2.24) is 20.0 Å². The fourth-order valence-electron chi connectivity index (χ4n) is 1.98. The highest BCUT2D eigenvalue weighted by Gasteiger charge is 2.15. The maximum atomic E-state index is 12.1. The lowest BCUT2D eigenvalue weighted by Crippen LogP contribution is -2.11. The van der Waals surface area contributed by atoms with Gasteiger partial charge >= 0.3 is 6.01 Å². The van der Waals surface area contributed by atoms with Gasteiger partial charge in [0, 0.05) is 17.8 Å². The smallest absolute Gasteiger partial charge is 0.322 e. The van der Waals surface area contributed by atoms with Gasteiger partial charge in [-0.25, -0.2) is 0 Å². The van der Waals surface area contributed by atoms with Crippen LogP contribution < -0.4 is 5.32 Å². The van der Waals surface area contributed by atoms with E-state index in [0.29, 0.717) is 16.8 Å². The predicted molar refractivity (Wildman–Crippen MR) is 85.0 cm³/mol. The van der Waals surface area contributed by atoms with Crippen LogP contribution in [0.3, 0.4) is 0 Å². The predicted octanol–water partition coefficient (Wildman–Crippen LogP) is 2.64. The van der Waals surface area contributed by atoms with Crippen LogP contribution in [0.2, 0.25) is 0 Å². The molecule has 8 nitrogen and oxygen atoms in total. The average molecular weight is 322 g/mol. The molecule has 0 radical (unpaired) electrons. The molecule has 0 saturated heterocycles. The SMILES string of the molecule is CC(C)n1ccc(-c2nnc(NC(=O)c3ccc(C#N)cc3)o2)n1. The summed E-state index contributed by atoms with van der Waals surface area (Å²) in [6.45, 7) is 4.02. The molecule has 24 heavy (non-hydrogen) atoms. The number of carbonyl (C=O) groups is 1. The Morgan fingerprint density at radius 3 is 2.62 bits per heavy atom. The molecule has 0 fully saturated rings. The van der Waals surface area contributed by atoms with Gasteiger partial charge in [-0.15, -0.1) is 5.10 Å².